The topological polar surface area (TPSA) is 381 Å². The molecule has 2 aliphatic heterocycles. The maximum atomic E-state index is 13.5. The molecule has 0 aliphatic carbocycles. The average Bonchev–Trinajstić information content (AvgIpc) is 3.56. The number of nitrogens with one attached hydrogen (secondary N) is 2. The molecule has 0 aromatic heterocycles. The fourth-order valence-electron chi connectivity index (χ4n) is 10.7. The smallest absolute Gasteiger partial charge is 0.364 e. The lowest BCUT2D eigenvalue weighted by molar-refractivity contribution is -0.338. The lowest BCUT2D eigenvalue weighted by atomic mass is 9.88. The van der Waals surface area contributed by atoms with Gasteiger partial charge in [0.25, 0.3) is 5.79 Å². The first kappa shape index (κ1) is 75.9. The van der Waals surface area contributed by atoms with Crippen LogP contribution in [-0.2, 0) is 47.9 Å². The molecule has 2 fully saturated rings. The molecule has 2 aliphatic rings. The van der Waals surface area contributed by atoms with Crippen LogP contribution in [0.4, 0.5) is 0 Å². The van der Waals surface area contributed by atoms with Crippen LogP contribution >= 0.6 is 0 Å². The monoisotopic (exact) mass is 1200 g/mol. The summed E-state index contributed by atoms with van der Waals surface area (Å²) in [6.07, 6.45) is 8.84. The van der Waals surface area contributed by atoms with Gasteiger partial charge >= 0.3 is 5.97 Å². The summed E-state index contributed by atoms with van der Waals surface area (Å²) < 4.78 is 62.8. The third-order valence-corrected chi connectivity index (χ3v) is 16.6. The van der Waals surface area contributed by atoms with Crippen molar-refractivity contribution >= 4 is 28.2 Å². The Morgan fingerprint density at radius 3 is 1.61 bits per heavy atom. The number of carboxylic acids is 1. The highest BCUT2D eigenvalue weighted by Crippen LogP contribution is 2.37. The molecule has 2 saturated heterocycles. The van der Waals surface area contributed by atoms with Crippen LogP contribution in [0.15, 0.2) is 0 Å². The number of unbranched alkanes of at least 4 members (excludes halogenated alkanes) is 25. The highest BCUT2D eigenvalue weighted by atomic mass is 32.3. The Hall–Kier alpha value is -2.24. The first-order valence-corrected chi connectivity index (χ1v) is 32.4. The van der Waals surface area contributed by atoms with Gasteiger partial charge in [0.05, 0.1) is 38.0 Å². The van der Waals surface area contributed by atoms with Gasteiger partial charge in [0, 0.05) is 13.3 Å². The van der Waals surface area contributed by atoms with E-state index in [-0.39, 0.29) is 12.8 Å². The molecule has 484 valence electrons. The predicted octanol–water partition coefficient (Wildman–Crippen LogP) is 4.80. The van der Waals surface area contributed by atoms with E-state index in [1.165, 1.54) is 109 Å². The molecule has 0 radical (unpaired) electrons. The number of hydrogen-bond donors (Lipinski definition) is 12. The second kappa shape index (κ2) is 42.6. The van der Waals surface area contributed by atoms with Crippen LogP contribution in [0.3, 0.4) is 0 Å². The van der Waals surface area contributed by atoms with Gasteiger partial charge in [-0.15, -0.1) is 0 Å². The number of ether oxygens (including phenoxy) is 4. The van der Waals surface area contributed by atoms with E-state index in [4.69, 9.17) is 18.9 Å². The molecule has 12 N–H and O–H groups in total. The number of amides is 2. The molecule has 23 nitrogen and oxygen atoms in total. The average molecular weight is 1200 g/mol. The quantitative estimate of drug-likeness (QED) is 0.0221. The Kier molecular flexibility index (Phi) is 39.4. The highest BCUT2D eigenvalue weighted by Gasteiger charge is 2.58. The van der Waals surface area contributed by atoms with Gasteiger partial charge in [-0.2, -0.15) is 0 Å². The maximum absolute atomic E-state index is 13.5. The number of rotatable bonds is 49. The summed E-state index contributed by atoms with van der Waals surface area (Å²) in [6.45, 7) is 4.65. The Morgan fingerprint density at radius 2 is 1.16 bits per heavy atom. The van der Waals surface area contributed by atoms with Gasteiger partial charge in [-0.3, -0.25) is 13.8 Å². The van der Waals surface area contributed by atoms with Crippen molar-refractivity contribution in [3.63, 3.8) is 0 Å². The third-order valence-electron chi connectivity index (χ3n) is 16.2. The van der Waals surface area contributed by atoms with Crippen molar-refractivity contribution in [1.29, 1.82) is 0 Å². The summed E-state index contributed by atoms with van der Waals surface area (Å²) in [6, 6.07) is -3.30. The van der Waals surface area contributed by atoms with E-state index in [0.29, 0.717) is 18.8 Å². The number of aliphatic carboxylic acids is 1. The largest absolute Gasteiger partial charge is 0.726 e. The Labute approximate surface area is 488 Å². The van der Waals surface area contributed by atoms with Crippen LogP contribution in [0, 0.1) is 5.92 Å². The third kappa shape index (κ3) is 29.9. The van der Waals surface area contributed by atoms with Gasteiger partial charge in [-0.05, 0) is 18.8 Å². The number of hydrogen-bond acceptors (Lipinski definition) is 20. The second-order valence-corrected chi connectivity index (χ2v) is 24.3. The molecule has 0 saturated carbocycles. The summed E-state index contributed by atoms with van der Waals surface area (Å²) in [4.78, 5) is 38.6. The van der Waals surface area contributed by atoms with Crippen molar-refractivity contribution in [2.24, 2.45) is 5.92 Å². The molecular weight excluding hydrogens is 1090 g/mol. The van der Waals surface area contributed by atoms with Gasteiger partial charge in [0.1, 0.15) is 61.0 Å². The maximum Gasteiger partial charge on any atom is 0.364 e. The molecule has 0 bridgehead atoms. The molecule has 1 unspecified atom stereocenters. The first-order chi connectivity index (χ1) is 39.0. The molecule has 2 amide bonds. The molecule has 0 aromatic carbocycles. The fraction of sp³-hybridized carbons (Fsp3) is 0.948. The number of carbonyl (C=O) groups is 3. The van der Waals surface area contributed by atoms with E-state index >= 15 is 0 Å². The van der Waals surface area contributed by atoms with Crippen molar-refractivity contribution < 1.29 is 102 Å². The normalized spacial score (nSPS) is 25.9. The molecule has 82 heavy (non-hydrogen) atoms. The summed E-state index contributed by atoms with van der Waals surface area (Å²) in [5.41, 5.74) is 0. The van der Waals surface area contributed by atoms with Crippen LogP contribution < -0.4 is 10.6 Å². The minimum Gasteiger partial charge on any atom is -0.726 e. The zero-order valence-corrected chi connectivity index (χ0v) is 50.6. The highest BCUT2D eigenvalue weighted by molar-refractivity contribution is 7.80. The van der Waals surface area contributed by atoms with Gasteiger partial charge in [-0.1, -0.05) is 207 Å². The van der Waals surface area contributed by atoms with E-state index < -0.39 is 146 Å². The van der Waals surface area contributed by atoms with Crippen LogP contribution in [0.2, 0.25) is 0 Å². The summed E-state index contributed by atoms with van der Waals surface area (Å²) >= 11 is 0. The molecule has 2 rings (SSSR count). The molecule has 0 aromatic rings. The van der Waals surface area contributed by atoms with Crippen molar-refractivity contribution in [2.75, 3.05) is 19.8 Å². The summed E-state index contributed by atoms with van der Waals surface area (Å²) in [5.74, 6) is -6.27. The lowest BCUT2D eigenvalue weighted by Crippen LogP contribution is -2.69. The van der Waals surface area contributed by atoms with E-state index in [1.54, 1.807) is 0 Å². The van der Waals surface area contributed by atoms with E-state index in [0.717, 1.165) is 71.1 Å². The van der Waals surface area contributed by atoms with Crippen molar-refractivity contribution in [3.05, 3.63) is 0 Å². The standard InChI is InChI=1S/C58H110N2O21S/c1-5-7-8-9-10-11-12-13-14-15-16-17-18-19-20-21-22-25-29-32-35-44(64)55(71)60-42(49(66)43(63)34-31-28-26-23-24-27-30-33-40(3)6-2)38-77-56-53(70)52(69)51(68)47(79-56)39-78-58(57(72)73)36-46(81-82(74,75)76)48(59-41(4)62)54(80-58)50(67)45(65)37-61/h40,42-54,56,61,63-70H,5-39H2,1-4H3,(H,59,62)(H,60,71)(H,72,73)(H,74,75,76)/p-1/t40?,42-,43+,44+,45+,46-,47+,48+,49-,50+,51+,52-,53+,54+,56+,58+/m0/s1. The van der Waals surface area contributed by atoms with Crippen molar-refractivity contribution in [3.8, 4) is 0 Å². The number of carboxylic acid groups (broad SMARTS) is 1. The van der Waals surface area contributed by atoms with E-state index in [9.17, 15) is 78.4 Å². The molecular formula is C58H109N2O21S-. The fourth-order valence-corrected chi connectivity index (χ4v) is 11.2. The second-order valence-electron chi connectivity index (χ2n) is 23.3. The SMILES string of the molecule is CCCCCCCCCCCCCCCCCCCCCC[C@@H](O)C(=O)N[C@@H](CO[C@@H]1O[C@H](CO[C@]2(C(=O)O)C[C@H](OS(=O)(=O)[O-])[C@@H](NC(C)=O)[C@H]([C@H](O)[C@H](O)CO)O2)[C@@H](O)[C@H](O)[C@H]1O)[C@H](O)[C@H](O)CCCCCCCCCC(C)CC. The minimum absolute atomic E-state index is 0.113. The molecule has 16 atom stereocenters. The van der Waals surface area contributed by atoms with E-state index in [1.807, 2.05) is 0 Å². The van der Waals surface area contributed by atoms with Crippen LogP contribution in [0.5, 0.6) is 0 Å². The predicted molar refractivity (Wildman–Crippen MR) is 303 cm³/mol. The lowest BCUT2D eigenvalue weighted by Gasteiger charge is -2.48. The number of aliphatic hydroxyl groups is 9. The van der Waals surface area contributed by atoms with Crippen LogP contribution in [-0.4, -0.2) is 193 Å². The first-order valence-electron chi connectivity index (χ1n) is 31.1. The number of carbonyl (C=O) groups excluding carboxylic acids is 2. The van der Waals surface area contributed by atoms with Crippen LogP contribution in [0.25, 0.3) is 0 Å². The van der Waals surface area contributed by atoms with Gasteiger partial charge in [-0.25, -0.2) is 13.2 Å². The van der Waals surface area contributed by atoms with Gasteiger partial charge < -0.3 is 85.2 Å². The van der Waals surface area contributed by atoms with Gasteiger partial charge in [0.15, 0.2) is 6.29 Å². The summed E-state index contributed by atoms with van der Waals surface area (Å²) in [7, 11) is -5.69. The number of aliphatic hydroxyl groups excluding tert-OH is 9. The molecule has 0 spiro atoms. The molecule has 24 heteroatoms. The Bertz CT molecular complexity index is 1810. The summed E-state index contributed by atoms with van der Waals surface area (Å²) in [5, 5.41) is 113. The van der Waals surface area contributed by atoms with E-state index in [2.05, 4.69) is 35.6 Å². The zero-order valence-electron chi connectivity index (χ0n) is 49.8. The zero-order chi connectivity index (χ0) is 61.1. The Balaban J connectivity index is 2.08. The minimum atomic E-state index is -5.69. The Morgan fingerprint density at radius 1 is 0.683 bits per heavy atom. The van der Waals surface area contributed by atoms with Gasteiger partial charge in [0.2, 0.25) is 22.2 Å². The van der Waals surface area contributed by atoms with Crippen molar-refractivity contribution in [2.45, 2.75) is 324 Å². The van der Waals surface area contributed by atoms with Crippen molar-refractivity contribution in [1.82, 2.24) is 10.6 Å². The molecule has 2 heterocycles. The van der Waals surface area contributed by atoms with Crippen LogP contribution in [0.1, 0.15) is 233 Å².